The zero-order chi connectivity index (χ0) is 9.64. The van der Waals surface area contributed by atoms with Crippen molar-refractivity contribution in [3.8, 4) is 0 Å². The van der Waals surface area contributed by atoms with Crippen LogP contribution in [0.2, 0.25) is 0 Å². The van der Waals surface area contributed by atoms with Gasteiger partial charge in [0.15, 0.2) is 0 Å². The molecule has 0 bridgehead atoms. The van der Waals surface area contributed by atoms with Gasteiger partial charge in [-0.05, 0) is 5.56 Å². The molecule has 0 fully saturated rings. The Bertz CT molecular complexity index is 358. The molecule has 1 aromatic carbocycles. The third-order valence-corrected chi connectivity index (χ3v) is 2.59. The van der Waals surface area contributed by atoms with Crippen molar-refractivity contribution in [2.45, 2.75) is 13.2 Å². The lowest BCUT2D eigenvalue weighted by Crippen LogP contribution is -1.91. The quantitative estimate of drug-likeness (QED) is 0.765. The van der Waals surface area contributed by atoms with Gasteiger partial charge in [0.1, 0.15) is 0 Å². The molecule has 0 N–H and O–H groups in total. The number of aromatic nitrogens is 1. The van der Waals surface area contributed by atoms with Gasteiger partial charge in [-0.1, -0.05) is 30.3 Å². The van der Waals surface area contributed by atoms with E-state index >= 15 is 0 Å². The topological polar surface area (TPSA) is 22.1 Å². The number of benzene rings is 1. The number of rotatable bonds is 4. The number of thiazole rings is 1. The molecular formula is C11H11NOS. The van der Waals surface area contributed by atoms with Crippen molar-refractivity contribution in [3.05, 3.63) is 52.5 Å². The first-order chi connectivity index (χ1) is 6.95. The second-order valence-electron chi connectivity index (χ2n) is 2.95. The van der Waals surface area contributed by atoms with E-state index in [2.05, 4.69) is 17.1 Å². The molecule has 2 rings (SSSR count). The number of ether oxygens (including phenoxy) is 1. The standard InChI is InChI=1S/C11H11NOS/c1-2-4-10(5-3-1)7-13-8-11-6-12-9-14-11/h1-6,9H,7-8H2. The van der Waals surface area contributed by atoms with E-state index in [1.165, 1.54) is 10.4 Å². The lowest BCUT2D eigenvalue weighted by molar-refractivity contribution is 0.109. The average Bonchev–Trinajstić information content (AvgIpc) is 2.72. The normalized spacial score (nSPS) is 10.3. The van der Waals surface area contributed by atoms with Crippen molar-refractivity contribution >= 4 is 11.3 Å². The summed E-state index contributed by atoms with van der Waals surface area (Å²) < 4.78 is 5.53. The molecule has 0 unspecified atom stereocenters. The molecule has 3 heteroatoms. The fourth-order valence-corrected chi connectivity index (χ4v) is 1.69. The summed E-state index contributed by atoms with van der Waals surface area (Å²) in [5, 5.41) is 0. The summed E-state index contributed by atoms with van der Waals surface area (Å²) in [6.07, 6.45) is 1.84. The summed E-state index contributed by atoms with van der Waals surface area (Å²) in [7, 11) is 0. The van der Waals surface area contributed by atoms with Crippen LogP contribution < -0.4 is 0 Å². The molecule has 0 atom stereocenters. The van der Waals surface area contributed by atoms with E-state index < -0.39 is 0 Å². The Morgan fingerprint density at radius 3 is 2.71 bits per heavy atom. The predicted octanol–water partition coefficient (Wildman–Crippen LogP) is 2.86. The second-order valence-corrected chi connectivity index (χ2v) is 3.92. The van der Waals surface area contributed by atoms with Crippen LogP contribution in [0.3, 0.4) is 0 Å². The lowest BCUT2D eigenvalue weighted by Gasteiger charge is -2.01. The minimum absolute atomic E-state index is 0.652. The Balaban J connectivity index is 1.79. The van der Waals surface area contributed by atoms with Crippen molar-refractivity contribution in [2.75, 3.05) is 0 Å². The van der Waals surface area contributed by atoms with E-state index in [0.717, 1.165) is 0 Å². The van der Waals surface area contributed by atoms with Crippen LogP contribution in [0.4, 0.5) is 0 Å². The van der Waals surface area contributed by atoms with Crippen molar-refractivity contribution in [1.82, 2.24) is 4.98 Å². The minimum atomic E-state index is 0.652. The molecule has 0 radical (unpaired) electrons. The van der Waals surface area contributed by atoms with Crippen LogP contribution in [0.25, 0.3) is 0 Å². The summed E-state index contributed by atoms with van der Waals surface area (Å²) in [5.41, 5.74) is 3.03. The molecule has 1 heterocycles. The van der Waals surface area contributed by atoms with E-state index in [1.807, 2.05) is 29.9 Å². The average molecular weight is 205 g/mol. The van der Waals surface area contributed by atoms with Crippen LogP contribution >= 0.6 is 11.3 Å². The Morgan fingerprint density at radius 1 is 1.14 bits per heavy atom. The Labute approximate surface area is 87.2 Å². The number of hydrogen-bond donors (Lipinski definition) is 0. The minimum Gasteiger partial charge on any atom is -0.371 e. The van der Waals surface area contributed by atoms with E-state index in [0.29, 0.717) is 13.2 Å². The predicted molar refractivity (Wildman–Crippen MR) is 57.0 cm³/mol. The highest BCUT2D eigenvalue weighted by atomic mass is 32.1. The summed E-state index contributed by atoms with van der Waals surface area (Å²) >= 11 is 1.62. The fraction of sp³-hybridized carbons (Fsp3) is 0.182. The first-order valence-corrected chi connectivity index (χ1v) is 5.32. The molecule has 1 aromatic heterocycles. The van der Waals surface area contributed by atoms with Crippen LogP contribution in [0, 0.1) is 0 Å². The molecule has 0 amide bonds. The zero-order valence-electron chi connectivity index (χ0n) is 7.72. The molecule has 0 saturated heterocycles. The van der Waals surface area contributed by atoms with Crippen molar-refractivity contribution in [2.24, 2.45) is 0 Å². The molecular weight excluding hydrogens is 194 g/mol. The maximum atomic E-state index is 5.53. The molecule has 0 aliphatic carbocycles. The van der Waals surface area contributed by atoms with Crippen LogP contribution in [0.5, 0.6) is 0 Å². The highest BCUT2D eigenvalue weighted by Gasteiger charge is 1.95. The van der Waals surface area contributed by atoms with Gasteiger partial charge in [-0.2, -0.15) is 0 Å². The van der Waals surface area contributed by atoms with Crippen molar-refractivity contribution in [3.63, 3.8) is 0 Å². The third-order valence-electron chi connectivity index (χ3n) is 1.84. The second kappa shape index (κ2) is 4.88. The van der Waals surface area contributed by atoms with Crippen molar-refractivity contribution < 1.29 is 4.74 Å². The molecule has 72 valence electrons. The highest BCUT2D eigenvalue weighted by Crippen LogP contribution is 2.08. The molecule has 14 heavy (non-hydrogen) atoms. The smallest absolute Gasteiger partial charge is 0.0830 e. The van der Waals surface area contributed by atoms with Gasteiger partial charge in [-0.3, -0.25) is 4.98 Å². The van der Waals surface area contributed by atoms with Crippen LogP contribution in [0.15, 0.2) is 42.0 Å². The van der Waals surface area contributed by atoms with Crippen LogP contribution in [0.1, 0.15) is 10.4 Å². The van der Waals surface area contributed by atoms with E-state index in [9.17, 15) is 0 Å². The van der Waals surface area contributed by atoms with E-state index in [-0.39, 0.29) is 0 Å². The maximum absolute atomic E-state index is 5.53. The van der Waals surface area contributed by atoms with Crippen molar-refractivity contribution in [1.29, 1.82) is 0 Å². The van der Waals surface area contributed by atoms with Gasteiger partial charge in [0.25, 0.3) is 0 Å². The Morgan fingerprint density at radius 2 is 2.00 bits per heavy atom. The van der Waals surface area contributed by atoms with E-state index in [1.54, 1.807) is 11.3 Å². The molecule has 0 aliphatic heterocycles. The fourth-order valence-electron chi connectivity index (χ4n) is 1.16. The van der Waals surface area contributed by atoms with Gasteiger partial charge >= 0.3 is 0 Å². The molecule has 0 saturated carbocycles. The molecule has 0 aliphatic rings. The summed E-state index contributed by atoms with van der Waals surface area (Å²) in [6.45, 7) is 1.32. The molecule has 2 nitrogen and oxygen atoms in total. The first kappa shape index (κ1) is 9.37. The highest BCUT2D eigenvalue weighted by molar-refractivity contribution is 7.09. The van der Waals surface area contributed by atoms with Gasteiger partial charge in [-0.25, -0.2) is 0 Å². The van der Waals surface area contributed by atoms with Gasteiger partial charge in [0, 0.05) is 6.20 Å². The van der Waals surface area contributed by atoms with Crippen LogP contribution in [-0.2, 0) is 18.0 Å². The lowest BCUT2D eigenvalue weighted by atomic mass is 10.2. The Hall–Kier alpha value is -1.19. The maximum Gasteiger partial charge on any atom is 0.0830 e. The number of nitrogens with zero attached hydrogens (tertiary/aromatic N) is 1. The largest absolute Gasteiger partial charge is 0.371 e. The van der Waals surface area contributed by atoms with Crippen LogP contribution in [-0.4, -0.2) is 4.98 Å². The molecule has 2 aromatic rings. The first-order valence-electron chi connectivity index (χ1n) is 4.44. The number of hydrogen-bond acceptors (Lipinski definition) is 3. The van der Waals surface area contributed by atoms with Gasteiger partial charge in [-0.15, -0.1) is 11.3 Å². The SMILES string of the molecule is c1ccc(COCc2cncs2)cc1. The van der Waals surface area contributed by atoms with Gasteiger partial charge in [0.05, 0.1) is 23.6 Å². The summed E-state index contributed by atoms with van der Waals surface area (Å²) in [5.74, 6) is 0. The zero-order valence-corrected chi connectivity index (χ0v) is 8.54. The monoisotopic (exact) mass is 205 g/mol. The third kappa shape index (κ3) is 2.65. The summed E-state index contributed by atoms with van der Waals surface area (Å²) in [4.78, 5) is 5.15. The summed E-state index contributed by atoms with van der Waals surface area (Å²) in [6, 6.07) is 10.2. The van der Waals surface area contributed by atoms with E-state index in [4.69, 9.17) is 4.74 Å². The van der Waals surface area contributed by atoms with Gasteiger partial charge in [0.2, 0.25) is 0 Å². The van der Waals surface area contributed by atoms with Gasteiger partial charge < -0.3 is 4.74 Å². The molecule has 0 spiro atoms. The Kier molecular flexibility index (Phi) is 3.27.